The second kappa shape index (κ2) is 5.71. The van der Waals surface area contributed by atoms with Crippen molar-refractivity contribution in [3.8, 4) is 0 Å². The molecule has 0 spiro atoms. The van der Waals surface area contributed by atoms with Crippen molar-refractivity contribution in [2.75, 3.05) is 20.1 Å². The molecule has 0 aromatic rings. The minimum Gasteiger partial charge on any atom is -0.310 e. The third-order valence-corrected chi connectivity index (χ3v) is 5.62. The highest BCUT2D eigenvalue weighted by Crippen LogP contribution is 2.35. The Labute approximate surface area is 118 Å². The van der Waals surface area contributed by atoms with Gasteiger partial charge >= 0.3 is 0 Å². The van der Waals surface area contributed by atoms with Crippen molar-refractivity contribution in [2.45, 2.75) is 82.6 Å². The monoisotopic (exact) mass is 265 g/mol. The third kappa shape index (κ3) is 2.98. The maximum Gasteiger partial charge on any atom is 0.0209 e. The van der Waals surface area contributed by atoms with Gasteiger partial charge in [0.05, 0.1) is 0 Å². The Morgan fingerprint density at radius 2 is 1.68 bits per heavy atom. The average Bonchev–Trinajstić information content (AvgIpc) is 2.76. The van der Waals surface area contributed by atoms with Gasteiger partial charge in [-0.2, -0.15) is 0 Å². The normalized spacial score (nSPS) is 41.1. The lowest BCUT2D eigenvalue weighted by molar-refractivity contribution is 0.0153. The summed E-state index contributed by atoms with van der Waals surface area (Å²) in [6.45, 7) is 7.13. The Bertz CT molecular complexity index is 290. The molecule has 3 heterocycles. The zero-order chi connectivity index (χ0) is 13.4. The lowest BCUT2D eigenvalue weighted by atomic mass is 9.82. The minimum absolute atomic E-state index is 0.627. The van der Waals surface area contributed by atoms with Crippen LogP contribution in [0.3, 0.4) is 0 Å². The van der Waals surface area contributed by atoms with E-state index < -0.39 is 0 Å². The number of likely N-dealkylation sites (tertiary alicyclic amines) is 1. The van der Waals surface area contributed by atoms with Crippen molar-refractivity contribution in [2.24, 2.45) is 0 Å². The molecule has 0 amide bonds. The van der Waals surface area contributed by atoms with Crippen LogP contribution in [-0.4, -0.2) is 60.1 Å². The smallest absolute Gasteiger partial charge is 0.0209 e. The summed E-state index contributed by atoms with van der Waals surface area (Å²) in [5.74, 6) is 0. The van der Waals surface area contributed by atoms with E-state index in [0.717, 1.165) is 24.2 Å². The number of hydrogen-bond acceptors (Lipinski definition) is 3. The molecule has 0 radical (unpaired) electrons. The fourth-order valence-corrected chi connectivity index (χ4v) is 4.61. The van der Waals surface area contributed by atoms with E-state index in [2.05, 4.69) is 36.0 Å². The summed E-state index contributed by atoms with van der Waals surface area (Å²) in [5, 5.41) is 3.72. The van der Waals surface area contributed by atoms with Crippen LogP contribution >= 0.6 is 0 Å². The minimum atomic E-state index is 0.627. The summed E-state index contributed by atoms with van der Waals surface area (Å²) in [5.41, 5.74) is 0. The molecule has 1 N–H and O–H groups in total. The number of nitrogens with one attached hydrogen (secondary N) is 1. The van der Waals surface area contributed by atoms with Crippen molar-refractivity contribution >= 4 is 0 Å². The molecule has 2 bridgehead atoms. The molecular formula is C16H31N3. The summed E-state index contributed by atoms with van der Waals surface area (Å²) in [4.78, 5) is 5.47. The molecule has 3 atom stereocenters. The molecule has 3 fully saturated rings. The lowest BCUT2D eigenvalue weighted by Crippen LogP contribution is -2.55. The quantitative estimate of drug-likeness (QED) is 0.843. The molecule has 3 rings (SSSR count). The SMILES string of the molecule is CC(C)NC1CCN(C2CC3CCCC(C2)N3C)C1. The molecule has 0 aromatic carbocycles. The molecule has 3 nitrogen and oxygen atoms in total. The van der Waals surface area contributed by atoms with Gasteiger partial charge in [-0.05, 0) is 39.2 Å². The van der Waals surface area contributed by atoms with Crippen molar-refractivity contribution in [1.29, 1.82) is 0 Å². The van der Waals surface area contributed by atoms with Gasteiger partial charge in [0.25, 0.3) is 0 Å². The Balaban J connectivity index is 1.56. The van der Waals surface area contributed by atoms with Crippen molar-refractivity contribution in [3.63, 3.8) is 0 Å². The van der Waals surface area contributed by atoms with Crippen molar-refractivity contribution < 1.29 is 0 Å². The van der Waals surface area contributed by atoms with Gasteiger partial charge in [0.2, 0.25) is 0 Å². The Hall–Kier alpha value is -0.120. The van der Waals surface area contributed by atoms with Gasteiger partial charge in [0, 0.05) is 43.3 Å². The Morgan fingerprint density at radius 3 is 2.32 bits per heavy atom. The number of nitrogens with zero attached hydrogens (tertiary/aromatic N) is 2. The van der Waals surface area contributed by atoms with Crippen LogP contribution in [0.2, 0.25) is 0 Å². The standard InChI is InChI=1S/C16H31N3/c1-12(2)17-13-7-8-19(11-13)16-9-14-5-4-6-15(10-16)18(14)3/h12-17H,4-11H2,1-3H3. The number of rotatable bonds is 3. The van der Waals surface area contributed by atoms with Gasteiger partial charge in [-0.1, -0.05) is 20.3 Å². The molecule has 3 saturated heterocycles. The second-order valence-electron chi connectivity index (χ2n) is 7.33. The Kier molecular flexibility index (Phi) is 4.16. The first-order valence-corrected chi connectivity index (χ1v) is 8.35. The van der Waals surface area contributed by atoms with Crippen LogP contribution in [0.1, 0.15) is 52.4 Å². The van der Waals surface area contributed by atoms with Crippen LogP contribution in [-0.2, 0) is 0 Å². The summed E-state index contributed by atoms with van der Waals surface area (Å²) < 4.78 is 0. The van der Waals surface area contributed by atoms with Crippen LogP contribution in [0.15, 0.2) is 0 Å². The molecule has 3 aliphatic rings. The van der Waals surface area contributed by atoms with E-state index in [-0.39, 0.29) is 0 Å². The van der Waals surface area contributed by atoms with E-state index in [0.29, 0.717) is 6.04 Å². The highest BCUT2D eigenvalue weighted by molar-refractivity contribution is 4.96. The number of hydrogen-bond donors (Lipinski definition) is 1. The summed E-state index contributed by atoms with van der Waals surface area (Å²) in [6.07, 6.45) is 8.52. The molecule has 3 aliphatic heterocycles. The topological polar surface area (TPSA) is 18.5 Å². The van der Waals surface area contributed by atoms with Crippen molar-refractivity contribution in [1.82, 2.24) is 15.1 Å². The third-order valence-electron chi connectivity index (χ3n) is 5.62. The zero-order valence-corrected chi connectivity index (χ0v) is 12.9. The second-order valence-corrected chi connectivity index (χ2v) is 7.33. The summed E-state index contributed by atoms with van der Waals surface area (Å²) in [6, 6.07) is 3.97. The van der Waals surface area contributed by atoms with E-state index >= 15 is 0 Å². The lowest BCUT2D eigenvalue weighted by Gasteiger charge is -2.49. The molecule has 0 aliphatic carbocycles. The van der Waals surface area contributed by atoms with E-state index in [1.807, 2.05) is 0 Å². The molecule has 0 saturated carbocycles. The predicted molar refractivity (Wildman–Crippen MR) is 80.5 cm³/mol. The highest BCUT2D eigenvalue weighted by atomic mass is 15.3. The van der Waals surface area contributed by atoms with Crippen LogP contribution in [0.5, 0.6) is 0 Å². The van der Waals surface area contributed by atoms with Crippen LogP contribution < -0.4 is 5.32 Å². The molecule has 110 valence electrons. The predicted octanol–water partition coefficient (Wildman–Crippen LogP) is 2.07. The average molecular weight is 265 g/mol. The van der Waals surface area contributed by atoms with Crippen LogP contribution in [0, 0.1) is 0 Å². The first-order chi connectivity index (χ1) is 9.13. The fraction of sp³-hybridized carbons (Fsp3) is 1.00. The zero-order valence-electron chi connectivity index (χ0n) is 12.9. The van der Waals surface area contributed by atoms with E-state index in [1.54, 1.807) is 0 Å². The summed E-state index contributed by atoms with van der Waals surface area (Å²) in [7, 11) is 2.36. The maximum absolute atomic E-state index is 3.72. The first kappa shape index (κ1) is 13.8. The molecular weight excluding hydrogens is 234 g/mol. The van der Waals surface area contributed by atoms with Gasteiger partial charge in [0.1, 0.15) is 0 Å². The molecule has 3 heteroatoms. The van der Waals surface area contributed by atoms with Crippen LogP contribution in [0.4, 0.5) is 0 Å². The van der Waals surface area contributed by atoms with Gasteiger partial charge in [0.15, 0.2) is 0 Å². The number of piperidine rings is 2. The van der Waals surface area contributed by atoms with Gasteiger partial charge in [-0.3, -0.25) is 4.90 Å². The van der Waals surface area contributed by atoms with E-state index in [4.69, 9.17) is 0 Å². The van der Waals surface area contributed by atoms with Gasteiger partial charge in [-0.15, -0.1) is 0 Å². The largest absolute Gasteiger partial charge is 0.310 e. The maximum atomic E-state index is 3.72. The van der Waals surface area contributed by atoms with E-state index in [1.165, 1.54) is 51.6 Å². The van der Waals surface area contributed by atoms with Crippen molar-refractivity contribution in [3.05, 3.63) is 0 Å². The Morgan fingerprint density at radius 1 is 1.00 bits per heavy atom. The van der Waals surface area contributed by atoms with Gasteiger partial charge < -0.3 is 10.2 Å². The first-order valence-electron chi connectivity index (χ1n) is 8.35. The van der Waals surface area contributed by atoms with Gasteiger partial charge in [-0.25, -0.2) is 0 Å². The van der Waals surface area contributed by atoms with E-state index in [9.17, 15) is 0 Å². The number of fused-ring (bicyclic) bond motifs is 2. The van der Waals surface area contributed by atoms with Crippen LogP contribution in [0.25, 0.3) is 0 Å². The molecule has 3 unspecified atom stereocenters. The molecule has 0 aromatic heterocycles. The fourth-order valence-electron chi connectivity index (χ4n) is 4.61. The highest BCUT2D eigenvalue weighted by Gasteiger charge is 2.39. The summed E-state index contributed by atoms with van der Waals surface area (Å²) >= 11 is 0. The molecule has 19 heavy (non-hydrogen) atoms.